The molecule has 0 saturated carbocycles. The van der Waals surface area contributed by atoms with Crippen LogP contribution in [-0.4, -0.2) is 37.8 Å². The molecule has 1 N–H and O–H groups in total. The quantitative estimate of drug-likeness (QED) is 0.737. The molecule has 1 atom stereocenters. The van der Waals surface area contributed by atoms with E-state index in [2.05, 4.69) is 12.2 Å². The normalized spacial score (nSPS) is 17.3. The van der Waals surface area contributed by atoms with Gasteiger partial charge in [-0.2, -0.15) is 4.31 Å². The van der Waals surface area contributed by atoms with E-state index in [-0.39, 0.29) is 22.8 Å². The minimum atomic E-state index is -3.61. The number of nitrogens with zero attached hydrogens (tertiary/aromatic N) is 1. The lowest BCUT2D eigenvalue weighted by Crippen LogP contribution is -2.32. The standard InChI is InChI=1S/C16H26N2O4S/c1-3-4-5-8-13(2)17-16(19)14-9-10-15(22-14)23(20,21)18-11-6-7-12-18/h9-10,13H,3-8,11-12H2,1-2H3,(H,17,19). The molecule has 2 rings (SSSR count). The molecule has 0 aliphatic carbocycles. The Kier molecular flexibility index (Phi) is 6.24. The Bertz CT molecular complexity index is 618. The first kappa shape index (κ1) is 18.0. The lowest BCUT2D eigenvalue weighted by atomic mass is 10.1. The highest BCUT2D eigenvalue weighted by Gasteiger charge is 2.30. The molecule has 1 aliphatic rings. The summed E-state index contributed by atoms with van der Waals surface area (Å²) in [6, 6.07) is 2.83. The van der Waals surface area contributed by atoms with Gasteiger partial charge in [0.25, 0.3) is 15.9 Å². The first-order chi connectivity index (χ1) is 10.9. The zero-order chi connectivity index (χ0) is 16.9. The van der Waals surface area contributed by atoms with Gasteiger partial charge in [-0.1, -0.05) is 26.2 Å². The summed E-state index contributed by atoms with van der Waals surface area (Å²) in [6.07, 6.45) is 5.96. The van der Waals surface area contributed by atoms with Gasteiger partial charge in [0.1, 0.15) is 0 Å². The van der Waals surface area contributed by atoms with Gasteiger partial charge < -0.3 is 9.73 Å². The second-order valence-electron chi connectivity index (χ2n) is 6.10. The molecule has 2 heterocycles. The number of furan rings is 1. The highest BCUT2D eigenvalue weighted by Crippen LogP contribution is 2.22. The van der Waals surface area contributed by atoms with Crippen molar-refractivity contribution in [3.05, 3.63) is 17.9 Å². The van der Waals surface area contributed by atoms with Crippen LogP contribution in [0.5, 0.6) is 0 Å². The number of hydrogen-bond donors (Lipinski definition) is 1. The summed E-state index contributed by atoms with van der Waals surface area (Å²) in [4.78, 5) is 12.1. The first-order valence-electron chi connectivity index (χ1n) is 8.36. The monoisotopic (exact) mass is 342 g/mol. The summed E-state index contributed by atoms with van der Waals surface area (Å²) in [6.45, 7) is 5.10. The van der Waals surface area contributed by atoms with Crippen LogP contribution in [0.15, 0.2) is 21.6 Å². The van der Waals surface area contributed by atoms with Crippen LogP contribution in [0.1, 0.15) is 62.9 Å². The summed E-state index contributed by atoms with van der Waals surface area (Å²) in [5.41, 5.74) is 0. The Labute approximate surface area is 138 Å². The first-order valence-corrected chi connectivity index (χ1v) is 9.80. The van der Waals surface area contributed by atoms with E-state index in [0.29, 0.717) is 13.1 Å². The van der Waals surface area contributed by atoms with Crippen LogP contribution in [0.4, 0.5) is 0 Å². The number of rotatable bonds is 8. The molecule has 1 unspecified atom stereocenters. The second-order valence-corrected chi connectivity index (χ2v) is 7.97. The average Bonchev–Trinajstić information content (AvgIpc) is 3.19. The van der Waals surface area contributed by atoms with E-state index in [1.807, 2.05) is 6.92 Å². The molecule has 7 heteroatoms. The molecule has 1 aromatic heterocycles. The minimum Gasteiger partial charge on any atom is -0.438 e. The van der Waals surface area contributed by atoms with Crippen molar-refractivity contribution in [3.8, 4) is 0 Å². The van der Waals surface area contributed by atoms with Gasteiger partial charge in [0.2, 0.25) is 5.09 Å². The van der Waals surface area contributed by atoms with Gasteiger partial charge in [-0.3, -0.25) is 4.79 Å². The van der Waals surface area contributed by atoms with E-state index in [9.17, 15) is 13.2 Å². The van der Waals surface area contributed by atoms with Gasteiger partial charge in [0.05, 0.1) is 0 Å². The highest BCUT2D eigenvalue weighted by atomic mass is 32.2. The van der Waals surface area contributed by atoms with Crippen molar-refractivity contribution >= 4 is 15.9 Å². The molecule has 0 aromatic carbocycles. The minimum absolute atomic E-state index is 0.0396. The van der Waals surface area contributed by atoms with E-state index in [0.717, 1.165) is 38.5 Å². The third-order valence-corrected chi connectivity index (χ3v) is 5.86. The zero-order valence-corrected chi connectivity index (χ0v) is 14.7. The Morgan fingerprint density at radius 3 is 2.65 bits per heavy atom. The number of hydrogen-bond acceptors (Lipinski definition) is 4. The molecular formula is C16H26N2O4S. The summed E-state index contributed by atoms with van der Waals surface area (Å²) in [7, 11) is -3.61. The van der Waals surface area contributed by atoms with Crippen LogP contribution in [0.3, 0.4) is 0 Å². The topological polar surface area (TPSA) is 79.6 Å². The Balaban J connectivity index is 1.97. The van der Waals surface area contributed by atoms with Gasteiger partial charge >= 0.3 is 0 Å². The number of nitrogens with one attached hydrogen (secondary N) is 1. The van der Waals surface area contributed by atoms with Crippen molar-refractivity contribution in [1.82, 2.24) is 9.62 Å². The van der Waals surface area contributed by atoms with Crippen molar-refractivity contribution in [1.29, 1.82) is 0 Å². The number of unbranched alkanes of at least 4 members (excludes halogenated alkanes) is 2. The second kappa shape index (κ2) is 7.97. The van der Waals surface area contributed by atoms with E-state index >= 15 is 0 Å². The predicted octanol–water partition coefficient (Wildman–Crippen LogP) is 2.76. The van der Waals surface area contributed by atoms with Crippen LogP contribution in [0.25, 0.3) is 0 Å². The van der Waals surface area contributed by atoms with Crippen molar-refractivity contribution in [2.75, 3.05) is 13.1 Å². The Morgan fingerprint density at radius 1 is 1.30 bits per heavy atom. The number of carbonyl (C=O) groups excluding carboxylic acids is 1. The van der Waals surface area contributed by atoms with Gasteiger partial charge in [-0.25, -0.2) is 8.42 Å². The van der Waals surface area contributed by atoms with Crippen LogP contribution in [0, 0.1) is 0 Å². The average molecular weight is 342 g/mol. The van der Waals surface area contributed by atoms with Gasteiger partial charge in [0.15, 0.2) is 5.76 Å². The van der Waals surface area contributed by atoms with Crippen molar-refractivity contribution < 1.29 is 17.6 Å². The molecule has 130 valence electrons. The zero-order valence-electron chi connectivity index (χ0n) is 13.9. The molecule has 1 saturated heterocycles. The van der Waals surface area contributed by atoms with E-state index in [4.69, 9.17) is 4.42 Å². The van der Waals surface area contributed by atoms with Gasteiger partial charge in [-0.15, -0.1) is 0 Å². The maximum Gasteiger partial charge on any atom is 0.287 e. The predicted molar refractivity (Wildman–Crippen MR) is 87.8 cm³/mol. The lowest BCUT2D eigenvalue weighted by Gasteiger charge is -2.13. The van der Waals surface area contributed by atoms with Crippen molar-refractivity contribution in [2.45, 2.75) is 63.5 Å². The molecule has 1 aliphatic heterocycles. The Morgan fingerprint density at radius 2 is 2.00 bits per heavy atom. The van der Waals surface area contributed by atoms with Crippen LogP contribution in [0.2, 0.25) is 0 Å². The molecule has 1 fully saturated rings. The molecule has 23 heavy (non-hydrogen) atoms. The summed E-state index contributed by atoms with van der Waals surface area (Å²) in [5, 5.41) is 2.70. The Hall–Kier alpha value is -1.34. The summed E-state index contributed by atoms with van der Waals surface area (Å²) in [5.74, 6) is -0.318. The van der Waals surface area contributed by atoms with Crippen LogP contribution >= 0.6 is 0 Å². The number of carbonyl (C=O) groups is 1. The van der Waals surface area contributed by atoms with Gasteiger partial charge in [-0.05, 0) is 38.3 Å². The highest BCUT2D eigenvalue weighted by molar-refractivity contribution is 7.89. The molecule has 1 aromatic rings. The fourth-order valence-corrected chi connectivity index (χ4v) is 4.13. The van der Waals surface area contributed by atoms with Crippen molar-refractivity contribution in [2.24, 2.45) is 0 Å². The third-order valence-electron chi connectivity index (χ3n) is 4.08. The van der Waals surface area contributed by atoms with E-state index in [1.54, 1.807) is 0 Å². The number of amides is 1. The lowest BCUT2D eigenvalue weighted by molar-refractivity contribution is 0.0904. The molecule has 6 nitrogen and oxygen atoms in total. The molecule has 0 radical (unpaired) electrons. The smallest absolute Gasteiger partial charge is 0.287 e. The fourth-order valence-electron chi connectivity index (χ4n) is 2.70. The van der Waals surface area contributed by atoms with Crippen LogP contribution < -0.4 is 5.32 Å². The molecule has 0 spiro atoms. The van der Waals surface area contributed by atoms with Gasteiger partial charge in [0, 0.05) is 19.1 Å². The summed E-state index contributed by atoms with van der Waals surface area (Å²) < 4.78 is 31.4. The fraction of sp³-hybridized carbons (Fsp3) is 0.688. The maximum absolute atomic E-state index is 12.4. The maximum atomic E-state index is 12.4. The summed E-state index contributed by atoms with van der Waals surface area (Å²) >= 11 is 0. The van der Waals surface area contributed by atoms with Crippen molar-refractivity contribution in [3.63, 3.8) is 0 Å². The third kappa shape index (κ3) is 4.57. The van der Waals surface area contributed by atoms with E-state index in [1.165, 1.54) is 16.4 Å². The number of sulfonamides is 1. The largest absolute Gasteiger partial charge is 0.438 e. The van der Waals surface area contributed by atoms with E-state index < -0.39 is 10.0 Å². The SMILES string of the molecule is CCCCCC(C)NC(=O)c1ccc(S(=O)(=O)N2CCCC2)o1. The molecular weight excluding hydrogens is 316 g/mol. The molecule has 1 amide bonds. The van der Waals surface area contributed by atoms with Crippen LogP contribution in [-0.2, 0) is 10.0 Å². The molecule has 0 bridgehead atoms.